The summed E-state index contributed by atoms with van der Waals surface area (Å²) in [6.07, 6.45) is 5.39. The van der Waals surface area contributed by atoms with Crippen LogP contribution in [0.25, 0.3) is 0 Å². The van der Waals surface area contributed by atoms with Gasteiger partial charge in [-0.1, -0.05) is 6.92 Å². The average molecular weight is 196 g/mol. The summed E-state index contributed by atoms with van der Waals surface area (Å²) in [5.41, 5.74) is 0. The lowest BCUT2D eigenvalue weighted by molar-refractivity contribution is -0.123. The van der Waals surface area contributed by atoms with Crippen molar-refractivity contribution in [2.75, 3.05) is 6.54 Å². The summed E-state index contributed by atoms with van der Waals surface area (Å²) in [6, 6.07) is 0.909. The first-order valence-electron chi connectivity index (χ1n) is 5.77. The van der Waals surface area contributed by atoms with E-state index in [2.05, 4.69) is 17.6 Å². The van der Waals surface area contributed by atoms with Crippen molar-refractivity contribution in [2.24, 2.45) is 5.92 Å². The van der Waals surface area contributed by atoms with E-state index in [1.807, 2.05) is 0 Å². The van der Waals surface area contributed by atoms with Crippen molar-refractivity contribution in [3.8, 4) is 0 Å². The molecule has 1 saturated carbocycles. The molecule has 1 aliphatic heterocycles. The second kappa shape index (κ2) is 4.30. The third kappa shape index (κ3) is 2.47. The molecule has 0 aromatic rings. The third-order valence-corrected chi connectivity index (χ3v) is 3.33. The van der Waals surface area contributed by atoms with Crippen molar-refractivity contribution in [2.45, 2.75) is 51.1 Å². The van der Waals surface area contributed by atoms with Crippen LogP contribution < -0.4 is 10.6 Å². The van der Waals surface area contributed by atoms with Crippen LogP contribution >= 0.6 is 0 Å². The van der Waals surface area contributed by atoms with Crippen LogP contribution in [0.5, 0.6) is 0 Å². The Morgan fingerprint density at radius 3 is 2.86 bits per heavy atom. The molecule has 3 nitrogen and oxygen atoms in total. The van der Waals surface area contributed by atoms with Crippen molar-refractivity contribution in [3.05, 3.63) is 0 Å². The molecule has 1 saturated heterocycles. The molecule has 0 radical (unpaired) electrons. The minimum Gasteiger partial charge on any atom is -0.353 e. The molecule has 2 aliphatic rings. The standard InChI is InChI=1S/C11H20N2O/c1-8-5-10(6-8)13-11(14)7-9-3-2-4-12-9/h8-10,12H,2-7H2,1H3,(H,13,14). The fourth-order valence-corrected chi connectivity index (χ4v) is 2.46. The normalized spacial score (nSPS) is 36.5. The lowest BCUT2D eigenvalue weighted by Crippen LogP contribution is -2.44. The Morgan fingerprint density at radius 1 is 1.50 bits per heavy atom. The molecule has 14 heavy (non-hydrogen) atoms. The number of hydrogen-bond acceptors (Lipinski definition) is 2. The molecule has 2 fully saturated rings. The molecule has 1 unspecified atom stereocenters. The Bertz CT molecular complexity index is 205. The Hall–Kier alpha value is -0.570. The first-order valence-corrected chi connectivity index (χ1v) is 5.77. The molecular weight excluding hydrogens is 176 g/mol. The fraction of sp³-hybridized carbons (Fsp3) is 0.909. The maximum Gasteiger partial charge on any atom is 0.221 e. The van der Waals surface area contributed by atoms with Crippen LogP contribution in [0.3, 0.4) is 0 Å². The van der Waals surface area contributed by atoms with Crippen LogP contribution in [0.1, 0.15) is 39.0 Å². The number of rotatable bonds is 3. The van der Waals surface area contributed by atoms with Gasteiger partial charge in [0, 0.05) is 18.5 Å². The van der Waals surface area contributed by atoms with Crippen LogP contribution in [0.2, 0.25) is 0 Å². The fourth-order valence-electron chi connectivity index (χ4n) is 2.46. The SMILES string of the molecule is CC1CC(NC(=O)CC2CCCN2)C1. The maximum absolute atomic E-state index is 11.6. The molecule has 0 aromatic heterocycles. The average Bonchev–Trinajstić information content (AvgIpc) is 2.54. The zero-order chi connectivity index (χ0) is 9.97. The van der Waals surface area contributed by atoms with E-state index in [9.17, 15) is 4.79 Å². The summed E-state index contributed by atoms with van der Waals surface area (Å²) < 4.78 is 0. The van der Waals surface area contributed by atoms with Crippen LogP contribution in [0.15, 0.2) is 0 Å². The highest BCUT2D eigenvalue weighted by atomic mass is 16.1. The Kier molecular flexibility index (Phi) is 3.06. The van der Waals surface area contributed by atoms with Gasteiger partial charge < -0.3 is 10.6 Å². The van der Waals surface area contributed by atoms with Crippen molar-refractivity contribution < 1.29 is 4.79 Å². The molecule has 0 spiro atoms. The highest BCUT2D eigenvalue weighted by Gasteiger charge is 2.27. The molecule has 2 N–H and O–H groups in total. The van der Waals surface area contributed by atoms with Crippen LogP contribution in [0, 0.1) is 5.92 Å². The molecule has 80 valence electrons. The summed E-state index contributed by atoms with van der Waals surface area (Å²) in [4.78, 5) is 11.6. The van der Waals surface area contributed by atoms with E-state index in [1.54, 1.807) is 0 Å². The van der Waals surface area contributed by atoms with Crippen molar-refractivity contribution >= 4 is 5.91 Å². The molecule has 1 amide bonds. The van der Waals surface area contributed by atoms with E-state index in [4.69, 9.17) is 0 Å². The zero-order valence-electron chi connectivity index (χ0n) is 8.88. The van der Waals surface area contributed by atoms with Gasteiger partial charge in [-0.3, -0.25) is 4.79 Å². The predicted molar refractivity (Wildman–Crippen MR) is 56.0 cm³/mol. The van der Waals surface area contributed by atoms with Gasteiger partial charge in [0.05, 0.1) is 0 Å². The summed E-state index contributed by atoms with van der Waals surface area (Å²) in [5.74, 6) is 1.05. The molecule has 1 atom stereocenters. The van der Waals surface area contributed by atoms with E-state index in [0.717, 1.165) is 18.9 Å². The number of hydrogen-bond donors (Lipinski definition) is 2. The third-order valence-electron chi connectivity index (χ3n) is 3.33. The maximum atomic E-state index is 11.6. The smallest absolute Gasteiger partial charge is 0.221 e. The second-order valence-corrected chi connectivity index (χ2v) is 4.84. The topological polar surface area (TPSA) is 41.1 Å². The van der Waals surface area contributed by atoms with Gasteiger partial charge >= 0.3 is 0 Å². The van der Waals surface area contributed by atoms with Gasteiger partial charge in [-0.05, 0) is 38.1 Å². The summed E-state index contributed by atoms with van der Waals surface area (Å²) in [6.45, 7) is 3.32. The van der Waals surface area contributed by atoms with Crippen molar-refractivity contribution in [1.82, 2.24) is 10.6 Å². The molecular formula is C11H20N2O. The Morgan fingerprint density at radius 2 is 2.29 bits per heavy atom. The first-order chi connectivity index (χ1) is 6.74. The highest BCUT2D eigenvalue weighted by molar-refractivity contribution is 5.77. The molecule has 2 rings (SSSR count). The van der Waals surface area contributed by atoms with E-state index >= 15 is 0 Å². The van der Waals surface area contributed by atoms with Gasteiger partial charge in [-0.15, -0.1) is 0 Å². The number of nitrogens with one attached hydrogen (secondary N) is 2. The summed E-state index contributed by atoms with van der Waals surface area (Å²) >= 11 is 0. The largest absolute Gasteiger partial charge is 0.353 e. The van der Waals surface area contributed by atoms with E-state index in [1.165, 1.54) is 19.3 Å². The lowest BCUT2D eigenvalue weighted by atomic mass is 9.82. The van der Waals surface area contributed by atoms with Crippen LogP contribution in [-0.2, 0) is 4.79 Å². The van der Waals surface area contributed by atoms with Gasteiger partial charge in [0.2, 0.25) is 5.91 Å². The van der Waals surface area contributed by atoms with Crippen molar-refractivity contribution in [1.29, 1.82) is 0 Å². The molecule has 1 aliphatic carbocycles. The van der Waals surface area contributed by atoms with Crippen LogP contribution in [0.4, 0.5) is 0 Å². The Labute approximate surface area is 85.6 Å². The van der Waals surface area contributed by atoms with Crippen molar-refractivity contribution in [3.63, 3.8) is 0 Å². The predicted octanol–water partition coefficient (Wildman–Crippen LogP) is 1.04. The van der Waals surface area contributed by atoms with Crippen LogP contribution in [-0.4, -0.2) is 24.5 Å². The lowest BCUT2D eigenvalue weighted by Gasteiger charge is -2.33. The second-order valence-electron chi connectivity index (χ2n) is 4.84. The van der Waals surface area contributed by atoms with Gasteiger partial charge in [0.25, 0.3) is 0 Å². The van der Waals surface area contributed by atoms with E-state index in [-0.39, 0.29) is 5.91 Å². The zero-order valence-corrected chi connectivity index (χ0v) is 8.88. The summed E-state index contributed by atoms with van der Waals surface area (Å²) in [7, 11) is 0. The van der Waals surface area contributed by atoms with Gasteiger partial charge in [-0.25, -0.2) is 0 Å². The van der Waals surface area contributed by atoms with Gasteiger partial charge in [-0.2, -0.15) is 0 Å². The van der Waals surface area contributed by atoms with E-state index < -0.39 is 0 Å². The van der Waals surface area contributed by atoms with Gasteiger partial charge in [0.15, 0.2) is 0 Å². The number of carbonyl (C=O) groups is 1. The Balaban J connectivity index is 1.63. The number of amides is 1. The monoisotopic (exact) mass is 196 g/mol. The molecule has 0 bridgehead atoms. The van der Waals surface area contributed by atoms with Gasteiger partial charge in [0.1, 0.15) is 0 Å². The minimum atomic E-state index is 0.237. The minimum absolute atomic E-state index is 0.237. The highest BCUT2D eigenvalue weighted by Crippen LogP contribution is 2.26. The summed E-state index contributed by atoms with van der Waals surface area (Å²) in [5, 5.41) is 6.44. The molecule has 3 heteroatoms. The number of carbonyl (C=O) groups excluding carboxylic acids is 1. The van der Waals surface area contributed by atoms with E-state index in [0.29, 0.717) is 18.5 Å². The first kappa shape index (κ1) is 9.97. The quantitative estimate of drug-likeness (QED) is 0.708. The molecule has 1 heterocycles. The molecule has 0 aromatic carbocycles.